The molecule has 0 heterocycles. The van der Waals surface area contributed by atoms with Gasteiger partial charge < -0.3 is 15.4 Å². The molecule has 9 nitrogen and oxygen atoms in total. The number of rotatable bonds is 9. The summed E-state index contributed by atoms with van der Waals surface area (Å²) in [4.78, 5) is 37.0. The van der Waals surface area contributed by atoms with E-state index < -0.39 is 40.0 Å². The third-order valence-electron chi connectivity index (χ3n) is 4.30. The van der Waals surface area contributed by atoms with Crippen molar-refractivity contribution in [2.45, 2.75) is 50.8 Å². The highest BCUT2D eigenvalue weighted by Gasteiger charge is 2.24. The molecule has 0 fully saturated rings. The zero-order valence-corrected chi connectivity index (χ0v) is 20.2. The van der Waals surface area contributed by atoms with Gasteiger partial charge in [-0.15, -0.1) is 0 Å². The zero-order chi connectivity index (χ0) is 24.8. The van der Waals surface area contributed by atoms with E-state index in [1.165, 1.54) is 44.2 Å². The first kappa shape index (κ1) is 26.3. The van der Waals surface area contributed by atoms with Crippen LogP contribution in [0, 0.1) is 0 Å². The molecule has 0 aliphatic carbocycles. The van der Waals surface area contributed by atoms with Crippen molar-refractivity contribution in [2.24, 2.45) is 0 Å². The Balaban J connectivity index is 1.92. The molecule has 11 heteroatoms. The van der Waals surface area contributed by atoms with E-state index in [9.17, 15) is 22.8 Å². The predicted octanol–water partition coefficient (Wildman–Crippen LogP) is 2.72. The molecule has 0 bridgehead atoms. The van der Waals surface area contributed by atoms with Gasteiger partial charge in [0.25, 0.3) is 11.8 Å². The van der Waals surface area contributed by atoms with E-state index in [-0.39, 0.29) is 21.5 Å². The van der Waals surface area contributed by atoms with E-state index in [0.29, 0.717) is 5.69 Å². The fourth-order valence-electron chi connectivity index (χ4n) is 2.65. The molecule has 0 radical (unpaired) electrons. The van der Waals surface area contributed by atoms with Gasteiger partial charge in [0.15, 0.2) is 6.10 Å². The van der Waals surface area contributed by atoms with Gasteiger partial charge in [0, 0.05) is 11.7 Å². The van der Waals surface area contributed by atoms with Gasteiger partial charge >= 0.3 is 5.97 Å². The van der Waals surface area contributed by atoms with Crippen molar-refractivity contribution in [3.8, 4) is 0 Å². The number of halogens is 1. The molecule has 3 N–H and O–H groups in total. The van der Waals surface area contributed by atoms with Crippen molar-refractivity contribution < 1.29 is 27.5 Å². The third-order valence-corrected chi connectivity index (χ3v) is 6.31. The number of hydrogen-bond donors (Lipinski definition) is 3. The van der Waals surface area contributed by atoms with Crippen LogP contribution in [0.15, 0.2) is 53.4 Å². The maximum Gasteiger partial charge on any atom is 0.329 e. The normalized spacial score (nSPS) is 13.2. The van der Waals surface area contributed by atoms with Crippen LogP contribution in [0.2, 0.25) is 5.02 Å². The molecule has 0 spiro atoms. The number of amides is 2. The number of nitrogens with one attached hydrogen (secondary N) is 3. The van der Waals surface area contributed by atoms with E-state index in [0.717, 1.165) is 0 Å². The number of anilines is 1. The lowest BCUT2D eigenvalue weighted by atomic mass is 10.2. The van der Waals surface area contributed by atoms with Crippen molar-refractivity contribution in [1.29, 1.82) is 0 Å². The minimum absolute atomic E-state index is 0.0526. The zero-order valence-electron chi connectivity index (χ0n) is 18.6. The first-order chi connectivity index (χ1) is 15.4. The Kier molecular flexibility index (Phi) is 8.98. The van der Waals surface area contributed by atoms with E-state index in [2.05, 4.69) is 15.4 Å². The van der Waals surface area contributed by atoms with Crippen molar-refractivity contribution in [1.82, 2.24) is 10.0 Å². The molecule has 2 amide bonds. The summed E-state index contributed by atoms with van der Waals surface area (Å²) in [6, 6.07) is 10.6. The van der Waals surface area contributed by atoms with Crippen LogP contribution in [-0.2, 0) is 24.3 Å². The predicted molar refractivity (Wildman–Crippen MR) is 124 cm³/mol. The summed E-state index contributed by atoms with van der Waals surface area (Å²) < 4.78 is 31.9. The fraction of sp³-hybridized carbons (Fsp3) is 0.318. The van der Waals surface area contributed by atoms with Crippen LogP contribution in [-0.4, -0.2) is 44.4 Å². The van der Waals surface area contributed by atoms with Gasteiger partial charge in [-0.3, -0.25) is 9.59 Å². The van der Waals surface area contributed by atoms with Crippen LogP contribution in [0.25, 0.3) is 0 Å². The van der Waals surface area contributed by atoms with Crippen LogP contribution >= 0.6 is 11.6 Å². The Bertz CT molecular complexity index is 1120. The SMILES string of the molecule is CC(C)NS(=O)(=O)c1ccc(NC(=O)C(C)OC(=O)[C@H](C)NC(=O)c2ccccc2Cl)cc1. The van der Waals surface area contributed by atoms with Gasteiger partial charge in [-0.1, -0.05) is 23.7 Å². The van der Waals surface area contributed by atoms with E-state index in [1.54, 1.807) is 32.0 Å². The lowest BCUT2D eigenvalue weighted by molar-refractivity contribution is -0.154. The van der Waals surface area contributed by atoms with Gasteiger partial charge in [-0.2, -0.15) is 0 Å². The standard InChI is InChI=1S/C22H26ClN3O6S/c1-13(2)26-33(30,31)17-11-9-16(10-12-17)25-20(27)15(4)32-22(29)14(3)24-21(28)18-7-5-6-8-19(18)23/h5-15,26H,1-4H3,(H,24,28)(H,25,27)/t14-,15?/m0/s1. The molecule has 0 aliphatic heterocycles. The van der Waals surface area contributed by atoms with Crippen molar-refractivity contribution in [3.05, 3.63) is 59.1 Å². The lowest BCUT2D eigenvalue weighted by Crippen LogP contribution is -2.42. The maximum atomic E-state index is 12.4. The van der Waals surface area contributed by atoms with Gasteiger partial charge in [0.2, 0.25) is 10.0 Å². The second kappa shape index (κ2) is 11.3. The highest BCUT2D eigenvalue weighted by molar-refractivity contribution is 7.89. The molecule has 0 aliphatic rings. The Morgan fingerprint density at radius 3 is 2.12 bits per heavy atom. The summed E-state index contributed by atoms with van der Waals surface area (Å²) in [5.41, 5.74) is 0.533. The maximum absolute atomic E-state index is 12.4. The molecular weight excluding hydrogens is 470 g/mol. The fourth-order valence-corrected chi connectivity index (χ4v) is 4.12. The topological polar surface area (TPSA) is 131 Å². The number of carbonyl (C=O) groups is 3. The van der Waals surface area contributed by atoms with Gasteiger partial charge in [0.1, 0.15) is 6.04 Å². The van der Waals surface area contributed by atoms with Crippen molar-refractivity contribution in [2.75, 3.05) is 5.32 Å². The molecule has 0 saturated heterocycles. The average Bonchev–Trinajstić information content (AvgIpc) is 2.73. The number of carbonyl (C=O) groups excluding carboxylic acids is 3. The molecular formula is C22H26ClN3O6S. The Morgan fingerprint density at radius 1 is 0.939 bits per heavy atom. The first-order valence-electron chi connectivity index (χ1n) is 10.1. The number of esters is 1. The van der Waals surface area contributed by atoms with Gasteiger partial charge in [-0.25, -0.2) is 17.9 Å². The van der Waals surface area contributed by atoms with E-state index in [1.807, 2.05) is 0 Å². The molecule has 0 saturated carbocycles. The van der Waals surface area contributed by atoms with E-state index in [4.69, 9.17) is 16.3 Å². The van der Waals surface area contributed by atoms with Crippen LogP contribution in [0.4, 0.5) is 5.69 Å². The highest BCUT2D eigenvalue weighted by Crippen LogP contribution is 2.16. The van der Waals surface area contributed by atoms with Crippen LogP contribution in [0.1, 0.15) is 38.1 Å². The largest absolute Gasteiger partial charge is 0.451 e. The summed E-state index contributed by atoms with van der Waals surface area (Å²) >= 11 is 5.97. The van der Waals surface area contributed by atoms with Crippen LogP contribution < -0.4 is 15.4 Å². The van der Waals surface area contributed by atoms with Crippen molar-refractivity contribution in [3.63, 3.8) is 0 Å². The summed E-state index contributed by atoms with van der Waals surface area (Å²) in [6.45, 7) is 6.21. The second-order valence-corrected chi connectivity index (χ2v) is 9.66. The number of benzene rings is 2. The summed E-state index contributed by atoms with van der Waals surface area (Å²) in [6.07, 6.45) is -1.16. The minimum Gasteiger partial charge on any atom is -0.451 e. The molecule has 2 rings (SSSR count). The van der Waals surface area contributed by atoms with Gasteiger partial charge in [0.05, 0.1) is 15.5 Å². The lowest BCUT2D eigenvalue weighted by Gasteiger charge is -2.18. The summed E-state index contributed by atoms with van der Waals surface area (Å²) in [7, 11) is -3.65. The molecule has 2 aromatic rings. The van der Waals surface area contributed by atoms with Crippen LogP contribution in [0.5, 0.6) is 0 Å². The van der Waals surface area contributed by atoms with Crippen LogP contribution in [0.3, 0.4) is 0 Å². The molecule has 178 valence electrons. The third kappa shape index (κ3) is 7.55. The molecule has 33 heavy (non-hydrogen) atoms. The smallest absolute Gasteiger partial charge is 0.329 e. The Morgan fingerprint density at radius 2 is 1.55 bits per heavy atom. The first-order valence-corrected chi connectivity index (χ1v) is 12.0. The number of ether oxygens (including phenoxy) is 1. The quantitative estimate of drug-likeness (QED) is 0.458. The molecule has 0 aromatic heterocycles. The molecule has 2 atom stereocenters. The molecule has 2 aromatic carbocycles. The monoisotopic (exact) mass is 495 g/mol. The number of hydrogen-bond acceptors (Lipinski definition) is 6. The van der Waals surface area contributed by atoms with Crippen molar-refractivity contribution >= 4 is 45.1 Å². The Hall–Kier alpha value is -2.95. The minimum atomic E-state index is -3.65. The highest BCUT2D eigenvalue weighted by atomic mass is 35.5. The molecule has 1 unspecified atom stereocenters. The summed E-state index contributed by atoms with van der Waals surface area (Å²) in [5.74, 6) is -1.98. The summed E-state index contributed by atoms with van der Waals surface area (Å²) in [5, 5.41) is 5.25. The number of sulfonamides is 1. The second-order valence-electron chi connectivity index (χ2n) is 7.54. The average molecular weight is 496 g/mol. The van der Waals surface area contributed by atoms with E-state index >= 15 is 0 Å². The Labute approximate surface area is 197 Å². The van der Waals surface area contributed by atoms with Gasteiger partial charge in [-0.05, 0) is 64.1 Å².